The van der Waals surface area contributed by atoms with E-state index in [1.165, 1.54) is 0 Å². The molecule has 1 saturated heterocycles. The number of benzene rings is 2. The fourth-order valence-electron chi connectivity index (χ4n) is 3.58. The minimum atomic E-state index is -0.692. The Kier molecular flexibility index (Phi) is 3.16. The number of hydrogen-bond donors (Lipinski definition) is 2. The fourth-order valence-corrected chi connectivity index (χ4v) is 3.77. The first-order chi connectivity index (χ1) is 11.1. The number of piperidine rings is 1. The number of hydrogen-bond acceptors (Lipinski definition) is 2. The van der Waals surface area contributed by atoms with Crippen LogP contribution in [-0.4, -0.2) is 18.4 Å². The Labute approximate surface area is 138 Å². The van der Waals surface area contributed by atoms with E-state index in [2.05, 4.69) is 10.6 Å². The van der Waals surface area contributed by atoms with Crippen LogP contribution in [0.1, 0.15) is 18.4 Å². The predicted octanol–water partition coefficient (Wildman–Crippen LogP) is 3.11. The van der Waals surface area contributed by atoms with Crippen molar-refractivity contribution >= 4 is 29.1 Å². The van der Waals surface area contributed by atoms with Crippen LogP contribution in [0.4, 0.5) is 5.69 Å². The summed E-state index contributed by atoms with van der Waals surface area (Å²) in [5.74, 6) is -0.0425. The molecule has 4 nitrogen and oxygen atoms in total. The first-order valence-electron chi connectivity index (χ1n) is 7.58. The molecule has 23 heavy (non-hydrogen) atoms. The summed E-state index contributed by atoms with van der Waals surface area (Å²) < 4.78 is 0. The number of amides is 2. The van der Waals surface area contributed by atoms with Gasteiger partial charge in [0.25, 0.3) is 0 Å². The molecule has 4 rings (SSSR count). The van der Waals surface area contributed by atoms with Crippen molar-refractivity contribution in [3.63, 3.8) is 0 Å². The van der Waals surface area contributed by atoms with Crippen LogP contribution in [0.25, 0.3) is 11.1 Å². The van der Waals surface area contributed by atoms with Crippen molar-refractivity contribution < 1.29 is 9.59 Å². The van der Waals surface area contributed by atoms with Crippen molar-refractivity contribution in [2.75, 3.05) is 11.9 Å². The molecule has 0 aromatic heterocycles. The van der Waals surface area contributed by atoms with Crippen LogP contribution in [0.5, 0.6) is 0 Å². The number of halogens is 1. The summed E-state index contributed by atoms with van der Waals surface area (Å²) in [5.41, 5.74) is 3.06. The lowest BCUT2D eigenvalue weighted by Crippen LogP contribution is -2.50. The summed E-state index contributed by atoms with van der Waals surface area (Å²) in [6.45, 7) is 0.336. The molecule has 0 bridgehead atoms. The zero-order valence-corrected chi connectivity index (χ0v) is 13.1. The topological polar surface area (TPSA) is 58.2 Å². The minimum absolute atomic E-state index is 0.00267. The molecule has 1 atom stereocenters. The molecule has 116 valence electrons. The van der Waals surface area contributed by atoms with Crippen LogP contribution >= 0.6 is 11.6 Å². The van der Waals surface area contributed by atoms with E-state index in [1.54, 1.807) is 0 Å². The van der Waals surface area contributed by atoms with Crippen LogP contribution in [0.3, 0.4) is 0 Å². The van der Waals surface area contributed by atoms with Gasteiger partial charge in [-0.2, -0.15) is 0 Å². The molecule has 5 heteroatoms. The predicted molar refractivity (Wildman–Crippen MR) is 89.4 cm³/mol. The lowest BCUT2D eigenvalue weighted by atomic mass is 9.73. The normalized spacial score (nSPS) is 22.7. The summed E-state index contributed by atoms with van der Waals surface area (Å²) >= 11 is 6.13. The van der Waals surface area contributed by atoms with Crippen molar-refractivity contribution in [2.24, 2.45) is 0 Å². The van der Waals surface area contributed by atoms with Gasteiger partial charge in [0, 0.05) is 29.2 Å². The quantitative estimate of drug-likeness (QED) is 0.846. The van der Waals surface area contributed by atoms with Crippen LogP contribution in [0.2, 0.25) is 5.02 Å². The van der Waals surface area contributed by atoms with Gasteiger partial charge in [-0.1, -0.05) is 35.9 Å². The molecule has 2 aromatic rings. The van der Waals surface area contributed by atoms with Crippen LogP contribution in [-0.2, 0) is 15.0 Å². The molecule has 2 aliphatic rings. The molecule has 2 N–H and O–H groups in total. The second-order valence-electron chi connectivity index (χ2n) is 6.05. The molecule has 0 aliphatic carbocycles. The molecule has 2 aromatic carbocycles. The molecular formula is C18H15ClN2O2. The molecule has 1 unspecified atom stereocenters. The average Bonchev–Trinajstić information content (AvgIpc) is 2.82. The van der Waals surface area contributed by atoms with Crippen molar-refractivity contribution in [3.05, 3.63) is 53.1 Å². The maximum Gasteiger partial charge on any atom is 0.236 e. The Morgan fingerprint density at radius 1 is 1.09 bits per heavy atom. The summed E-state index contributed by atoms with van der Waals surface area (Å²) in [7, 11) is 0. The summed E-state index contributed by atoms with van der Waals surface area (Å²) in [6.07, 6.45) is 0.881. The Balaban J connectivity index is 1.91. The molecule has 1 fully saturated rings. The van der Waals surface area contributed by atoms with Crippen molar-refractivity contribution in [1.29, 1.82) is 0 Å². The van der Waals surface area contributed by atoms with E-state index >= 15 is 0 Å². The summed E-state index contributed by atoms with van der Waals surface area (Å²) in [4.78, 5) is 24.2. The van der Waals surface area contributed by atoms with Gasteiger partial charge < -0.3 is 10.6 Å². The fraction of sp³-hybridized carbons (Fsp3) is 0.222. The Morgan fingerprint density at radius 3 is 2.65 bits per heavy atom. The highest BCUT2D eigenvalue weighted by atomic mass is 35.5. The Hall–Kier alpha value is -2.33. The lowest BCUT2D eigenvalue weighted by molar-refractivity contribution is -0.127. The first kappa shape index (κ1) is 14.3. The minimum Gasteiger partial charge on any atom is -0.355 e. The largest absolute Gasteiger partial charge is 0.355 e. The number of rotatable bonds is 1. The van der Waals surface area contributed by atoms with Gasteiger partial charge in [0.05, 0.1) is 5.41 Å². The highest BCUT2D eigenvalue weighted by molar-refractivity contribution is 6.30. The van der Waals surface area contributed by atoms with E-state index in [-0.39, 0.29) is 11.8 Å². The van der Waals surface area contributed by atoms with E-state index in [1.807, 2.05) is 42.5 Å². The third-order valence-corrected chi connectivity index (χ3v) is 4.96. The van der Waals surface area contributed by atoms with Gasteiger partial charge in [-0.25, -0.2) is 0 Å². The number of carbonyl (C=O) groups excluding carboxylic acids is 2. The monoisotopic (exact) mass is 326 g/mol. The zero-order chi connectivity index (χ0) is 16.0. The van der Waals surface area contributed by atoms with Gasteiger partial charge in [0.15, 0.2) is 0 Å². The average molecular weight is 327 g/mol. The smallest absolute Gasteiger partial charge is 0.236 e. The molecule has 2 heterocycles. The van der Waals surface area contributed by atoms with E-state index in [0.717, 1.165) is 22.4 Å². The number of carbonyl (C=O) groups is 2. The van der Waals surface area contributed by atoms with Gasteiger partial charge in [0.1, 0.15) is 0 Å². The number of nitrogens with one attached hydrogen (secondary N) is 2. The highest BCUT2D eigenvalue weighted by Gasteiger charge is 2.50. The summed E-state index contributed by atoms with van der Waals surface area (Å²) in [6, 6.07) is 13.4. The second-order valence-corrected chi connectivity index (χ2v) is 6.49. The van der Waals surface area contributed by atoms with Crippen molar-refractivity contribution in [2.45, 2.75) is 18.3 Å². The molecule has 0 radical (unpaired) electrons. The van der Waals surface area contributed by atoms with Gasteiger partial charge in [-0.05, 0) is 35.7 Å². The van der Waals surface area contributed by atoms with Gasteiger partial charge in [-0.15, -0.1) is 0 Å². The molecule has 2 amide bonds. The first-order valence-corrected chi connectivity index (χ1v) is 7.95. The van der Waals surface area contributed by atoms with E-state index in [4.69, 9.17) is 11.6 Å². The van der Waals surface area contributed by atoms with Crippen LogP contribution in [0.15, 0.2) is 42.5 Å². The number of fused-ring (bicyclic) bond motifs is 2. The zero-order valence-electron chi connectivity index (χ0n) is 12.4. The maximum absolute atomic E-state index is 12.7. The van der Waals surface area contributed by atoms with Crippen LogP contribution < -0.4 is 10.6 Å². The lowest BCUT2D eigenvalue weighted by Gasteiger charge is -2.33. The molecular weight excluding hydrogens is 312 g/mol. The third-order valence-electron chi connectivity index (χ3n) is 4.73. The summed E-state index contributed by atoms with van der Waals surface area (Å²) in [5, 5.41) is 6.48. The molecule has 1 spiro atoms. The van der Waals surface area contributed by atoms with E-state index in [0.29, 0.717) is 24.4 Å². The van der Waals surface area contributed by atoms with Crippen LogP contribution in [0, 0.1) is 0 Å². The van der Waals surface area contributed by atoms with E-state index in [9.17, 15) is 9.59 Å². The third kappa shape index (κ3) is 2.13. The highest BCUT2D eigenvalue weighted by Crippen LogP contribution is 2.47. The van der Waals surface area contributed by atoms with Crippen molar-refractivity contribution in [3.8, 4) is 11.1 Å². The van der Waals surface area contributed by atoms with Crippen molar-refractivity contribution in [1.82, 2.24) is 5.32 Å². The van der Waals surface area contributed by atoms with Gasteiger partial charge in [0.2, 0.25) is 11.8 Å². The number of anilines is 1. The van der Waals surface area contributed by atoms with Gasteiger partial charge in [-0.3, -0.25) is 9.59 Å². The second kappa shape index (κ2) is 5.10. The Bertz CT molecular complexity index is 822. The molecule has 2 aliphatic heterocycles. The standard InChI is InChI=1S/C18H15ClN2O2/c19-12-4-1-3-11(9-12)13-5-2-6-14-16(13)18(17(23)21-14)8-7-15(22)20-10-18/h1-6,9H,7-8,10H2,(H,20,22)(H,21,23). The van der Waals surface area contributed by atoms with E-state index < -0.39 is 5.41 Å². The SMILES string of the molecule is O=C1CCC2(CN1)C(=O)Nc1cccc(-c3cccc(Cl)c3)c12. The maximum atomic E-state index is 12.7. The van der Waals surface area contributed by atoms with Gasteiger partial charge >= 0.3 is 0 Å². The Morgan fingerprint density at radius 2 is 1.91 bits per heavy atom. The molecule has 0 saturated carbocycles.